The van der Waals surface area contributed by atoms with Crippen LogP contribution in [-0.4, -0.2) is 51.9 Å². The minimum atomic E-state index is -0.127. The number of hydrogen-bond donors (Lipinski definition) is 0. The van der Waals surface area contributed by atoms with Gasteiger partial charge in [-0.25, -0.2) is 0 Å². The molecule has 1 saturated heterocycles. The summed E-state index contributed by atoms with van der Waals surface area (Å²) in [5, 5.41) is 3.15. The van der Waals surface area contributed by atoms with Gasteiger partial charge < -0.3 is 18.8 Å². The van der Waals surface area contributed by atoms with Crippen LogP contribution in [0.25, 0.3) is 10.2 Å². The predicted octanol–water partition coefficient (Wildman–Crippen LogP) is 4.64. The first-order valence-corrected chi connectivity index (χ1v) is 11.7. The van der Waals surface area contributed by atoms with Crippen LogP contribution in [0.3, 0.4) is 0 Å². The van der Waals surface area contributed by atoms with Crippen LogP contribution < -0.4 is 0 Å². The van der Waals surface area contributed by atoms with Crippen molar-refractivity contribution in [3.8, 4) is 0 Å². The lowest BCUT2D eigenvalue weighted by molar-refractivity contribution is 0.0391. The first kappa shape index (κ1) is 20.6. The van der Waals surface area contributed by atoms with Crippen molar-refractivity contribution in [2.45, 2.75) is 26.4 Å². The Morgan fingerprint density at radius 3 is 2.72 bits per heavy atom. The number of carbonyl (C=O) groups excluding carboxylic acids is 2. The SMILES string of the molecule is Cc1cccc(Cn2c(C(=O)N3CCN(C(=O)c4ccco4)C(C)C3)cc3ccsc32)c1. The van der Waals surface area contributed by atoms with Crippen LogP contribution in [0.4, 0.5) is 0 Å². The van der Waals surface area contributed by atoms with Crippen LogP contribution in [0.15, 0.2) is 64.6 Å². The second kappa shape index (κ2) is 8.31. The van der Waals surface area contributed by atoms with Crippen molar-refractivity contribution in [2.24, 2.45) is 0 Å². The highest BCUT2D eigenvalue weighted by atomic mass is 32.1. The van der Waals surface area contributed by atoms with Gasteiger partial charge in [0.2, 0.25) is 0 Å². The summed E-state index contributed by atoms with van der Waals surface area (Å²) in [6, 6.07) is 15.8. The second-order valence-electron chi connectivity index (χ2n) is 8.36. The quantitative estimate of drug-likeness (QED) is 0.458. The lowest BCUT2D eigenvalue weighted by atomic mass is 10.1. The molecule has 1 aliphatic heterocycles. The summed E-state index contributed by atoms with van der Waals surface area (Å²) in [7, 11) is 0. The van der Waals surface area contributed by atoms with Crippen molar-refractivity contribution in [2.75, 3.05) is 19.6 Å². The minimum Gasteiger partial charge on any atom is -0.459 e. The highest BCUT2D eigenvalue weighted by Gasteiger charge is 2.33. The standard InChI is InChI=1S/C25H25N3O3S/c1-17-5-3-6-19(13-17)16-28-21(14-20-8-12-32-25(20)28)23(29)26-9-10-27(18(2)15-26)24(30)22-7-4-11-31-22/h3-8,11-14,18H,9-10,15-16H2,1-2H3. The number of carbonyl (C=O) groups is 2. The molecule has 4 heterocycles. The molecule has 4 aromatic rings. The van der Waals surface area contributed by atoms with Gasteiger partial charge in [0.15, 0.2) is 5.76 Å². The van der Waals surface area contributed by atoms with E-state index in [1.54, 1.807) is 28.4 Å². The topological polar surface area (TPSA) is 58.7 Å². The molecule has 1 unspecified atom stereocenters. The van der Waals surface area contributed by atoms with E-state index in [2.05, 4.69) is 47.2 Å². The van der Waals surface area contributed by atoms with Crippen molar-refractivity contribution in [1.82, 2.24) is 14.4 Å². The number of furan rings is 1. The zero-order chi connectivity index (χ0) is 22.2. The van der Waals surface area contributed by atoms with Crippen LogP contribution in [-0.2, 0) is 6.54 Å². The van der Waals surface area contributed by atoms with Crippen LogP contribution in [0.5, 0.6) is 0 Å². The van der Waals surface area contributed by atoms with E-state index in [9.17, 15) is 9.59 Å². The zero-order valence-corrected chi connectivity index (χ0v) is 19.0. The lowest BCUT2D eigenvalue weighted by Crippen LogP contribution is -2.55. The molecule has 164 valence electrons. The number of rotatable bonds is 4. The van der Waals surface area contributed by atoms with E-state index in [-0.39, 0.29) is 17.9 Å². The van der Waals surface area contributed by atoms with Gasteiger partial charge in [-0.1, -0.05) is 29.8 Å². The molecule has 5 rings (SSSR count). The molecular weight excluding hydrogens is 422 g/mol. The first-order valence-electron chi connectivity index (χ1n) is 10.8. The van der Waals surface area contributed by atoms with Gasteiger partial charge in [-0.15, -0.1) is 11.3 Å². The Hall–Kier alpha value is -3.32. The largest absolute Gasteiger partial charge is 0.459 e. The fourth-order valence-electron chi connectivity index (χ4n) is 4.45. The molecule has 0 N–H and O–H groups in total. The molecule has 7 heteroatoms. The van der Waals surface area contributed by atoms with Crippen LogP contribution in [0, 0.1) is 6.92 Å². The third-order valence-corrected chi connectivity index (χ3v) is 7.00. The van der Waals surface area contributed by atoms with Gasteiger partial charge in [-0.3, -0.25) is 9.59 Å². The molecule has 1 fully saturated rings. The van der Waals surface area contributed by atoms with E-state index >= 15 is 0 Å². The van der Waals surface area contributed by atoms with Crippen LogP contribution in [0.1, 0.15) is 39.1 Å². The maximum absolute atomic E-state index is 13.6. The Bertz CT molecular complexity index is 1270. The molecule has 2 amide bonds. The highest BCUT2D eigenvalue weighted by Crippen LogP contribution is 2.28. The third kappa shape index (κ3) is 3.73. The number of piperazine rings is 1. The van der Waals surface area contributed by atoms with E-state index < -0.39 is 0 Å². The molecule has 0 saturated carbocycles. The summed E-state index contributed by atoms with van der Waals surface area (Å²) < 4.78 is 7.40. The smallest absolute Gasteiger partial charge is 0.289 e. The number of fused-ring (bicyclic) bond motifs is 1. The van der Waals surface area contributed by atoms with Gasteiger partial charge in [0.05, 0.1) is 6.26 Å². The summed E-state index contributed by atoms with van der Waals surface area (Å²) in [4.78, 5) is 31.0. The van der Waals surface area contributed by atoms with Gasteiger partial charge in [0.25, 0.3) is 11.8 Å². The Labute approximate surface area is 190 Å². The molecule has 0 radical (unpaired) electrons. The lowest BCUT2D eigenvalue weighted by Gasteiger charge is -2.39. The maximum Gasteiger partial charge on any atom is 0.289 e. The normalized spacial score (nSPS) is 16.6. The molecular formula is C25H25N3O3S. The molecule has 1 aliphatic rings. The van der Waals surface area contributed by atoms with Crippen molar-refractivity contribution >= 4 is 33.4 Å². The summed E-state index contributed by atoms with van der Waals surface area (Å²) in [5.41, 5.74) is 3.08. The van der Waals surface area contributed by atoms with Gasteiger partial charge in [0, 0.05) is 37.6 Å². The molecule has 1 aromatic carbocycles. The average molecular weight is 448 g/mol. The second-order valence-corrected chi connectivity index (χ2v) is 9.26. The van der Waals surface area contributed by atoms with Crippen molar-refractivity contribution < 1.29 is 14.0 Å². The minimum absolute atomic E-state index is 0.0120. The third-order valence-electron chi connectivity index (χ3n) is 6.05. The molecule has 0 aliphatic carbocycles. The van der Waals surface area contributed by atoms with Gasteiger partial charge in [0.1, 0.15) is 10.5 Å². The molecule has 0 spiro atoms. The number of amides is 2. The number of benzene rings is 1. The Morgan fingerprint density at radius 2 is 1.97 bits per heavy atom. The fraction of sp³-hybridized carbons (Fsp3) is 0.280. The van der Waals surface area contributed by atoms with E-state index in [1.165, 1.54) is 17.4 Å². The average Bonchev–Trinajstić information content (AvgIpc) is 3.52. The number of aromatic nitrogens is 1. The van der Waals surface area contributed by atoms with Crippen molar-refractivity contribution in [3.05, 3.63) is 82.8 Å². The molecule has 6 nitrogen and oxygen atoms in total. The Kier molecular flexibility index (Phi) is 5.35. The van der Waals surface area contributed by atoms with Gasteiger partial charge >= 0.3 is 0 Å². The molecule has 32 heavy (non-hydrogen) atoms. The van der Waals surface area contributed by atoms with Crippen LogP contribution >= 0.6 is 11.3 Å². The van der Waals surface area contributed by atoms with Crippen molar-refractivity contribution in [1.29, 1.82) is 0 Å². The number of thiophene rings is 1. The van der Waals surface area contributed by atoms with E-state index in [0.717, 1.165) is 10.2 Å². The first-order chi connectivity index (χ1) is 15.5. The Balaban J connectivity index is 1.38. The summed E-state index contributed by atoms with van der Waals surface area (Å²) >= 11 is 1.65. The summed E-state index contributed by atoms with van der Waals surface area (Å²) in [5.74, 6) is 0.222. The van der Waals surface area contributed by atoms with Gasteiger partial charge in [-0.2, -0.15) is 0 Å². The van der Waals surface area contributed by atoms with E-state index in [0.29, 0.717) is 37.6 Å². The number of nitrogens with zero attached hydrogens (tertiary/aromatic N) is 3. The number of hydrogen-bond acceptors (Lipinski definition) is 4. The van der Waals surface area contributed by atoms with Gasteiger partial charge in [-0.05, 0) is 49.1 Å². The fourth-order valence-corrected chi connectivity index (χ4v) is 5.35. The maximum atomic E-state index is 13.6. The van der Waals surface area contributed by atoms with E-state index in [1.807, 2.05) is 17.9 Å². The van der Waals surface area contributed by atoms with Crippen LogP contribution in [0.2, 0.25) is 0 Å². The number of aryl methyl sites for hydroxylation is 1. The monoisotopic (exact) mass is 447 g/mol. The molecule has 3 aromatic heterocycles. The summed E-state index contributed by atoms with van der Waals surface area (Å²) in [6.45, 7) is 6.19. The summed E-state index contributed by atoms with van der Waals surface area (Å²) in [6.07, 6.45) is 1.51. The zero-order valence-electron chi connectivity index (χ0n) is 18.2. The predicted molar refractivity (Wildman–Crippen MR) is 125 cm³/mol. The van der Waals surface area contributed by atoms with E-state index in [4.69, 9.17) is 4.42 Å². The highest BCUT2D eigenvalue weighted by molar-refractivity contribution is 7.16. The molecule has 1 atom stereocenters. The molecule has 0 bridgehead atoms. The Morgan fingerprint density at radius 1 is 1.09 bits per heavy atom. The van der Waals surface area contributed by atoms with Crippen molar-refractivity contribution in [3.63, 3.8) is 0 Å².